The molecule has 4 rings (SSSR count). The average molecular weight is 307 g/mol. The van der Waals surface area contributed by atoms with Gasteiger partial charge >= 0.3 is 0 Å². The van der Waals surface area contributed by atoms with Crippen molar-refractivity contribution in [3.63, 3.8) is 0 Å². The van der Waals surface area contributed by atoms with Crippen LogP contribution >= 0.6 is 0 Å². The Morgan fingerprint density at radius 3 is 2.52 bits per heavy atom. The highest BCUT2D eigenvalue weighted by molar-refractivity contribution is 5.79. The third-order valence-corrected chi connectivity index (χ3v) is 4.59. The predicted octanol–water partition coefficient (Wildman–Crippen LogP) is 4.65. The molecule has 1 aliphatic heterocycles. The second-order valence-electron chi connectivity index (χ2n) is 5.94. The van der Waals surface area contributed by atoms with E-state index in [0.717, 1.165) is 47.6 Å². The summed E-state index contributed by atoms with van der Waals surface area (Å²) in [4.78, 5) is 9.01. The van der Waals surface area contributed by atoms with Crippen LogP contribution in [0.4, 0.5) is 4.39 Å². The van der Waals surface area contributed by atoms with E-state index in [9.17, 15) is 4.39 Å². The monoisotopic (exact) mass is 307 g/mol. The maximum atomic E-state index is 13.3. The van der Waals surface area contributed by atoms with E-state index in [4.69, 9.17) is 4.98 Å². The van der Waals surface area contributed by atoms with Crippen LogP contribution in [-0.4, -0.2) is 14.5 Å². The Bertz CT molecular complexity index is 822. The quantitative estimate of drug-likeness (QED) is 0.705. The van der Waals surface area contributed by atoms with Crippen molar-refractivity contribution in [1.82, 2.24) is 14.5 Å². The lowest BCUT2D eigenvalue weighted by Crippen LogP contribution is -2.04. The summed E-state index contributed by atoms with van der Waals surface area (Å²) in [5.41, 5.74) is 4.12. The molecule has 2 aromatic heterocycles. The molecular weight excluding hydrogens is 289 g/mol. The minimum Gasteiger partial charge on any atom is -0.324 e. The fourth-order valence-electron chi connectivity index (χ4n) is 3.45. The number of benzene rings is 1. The van der Waals surface area contributed by atoms with Gasteiger partial charge in [0.15, 0.2) is 0 Å². The minimum atomic E-state index is -0.225. The second kappa shape index (κ2) is 5.61. The summed E-state index contributed by atoms with van der Waals surface area (Å²) in [7, 11) is 0. The van der Waals surface area contributed by atoms with Gasteiger partial charge in [-0.15, -0.1) is 0 Å². The van der Waals surface area contributed by atoms with Crippen LogP contribution < -0.4 is 0 Å². The van der Waals surface area contributed by atoms with E-state index in [0.29, 0.717) is 6.04 Å². The molecule has 0 aliphatic carbocycles. The van der Waals surface area contributed by atoms with Gasteiger partial charge in [0.25, 0.3) is 0 Å². The van der Waals surface area contributed by atoms with Gasteiger partial charge in [-0.05, 0) is 49.2 Å². The van der Waals surface area contributed by atoms with Crippen molar-refractivity contribution in [3.8, 4) is 22.5 Å². The van der Waals surface area contributed by atoms with Gasteiger partial charge in [0.1, 0.15) is 11.6 Å². The first-order chi connectivity index (χ1) is 11.3. The van der Waals surface area contributed by atoms with E-state index in [1.54, 1.807) is 24.5 Å². The molecule has 0 radical (unpaired) electrons. The molecule has 0 saturated heterocycles. The highest BCUT2D eigenvalue weighted by Crippen LogP contribution is 2.40. The van der Waals surface area contributed by atoms with E-state index in [1.807, 2.05) is 12.1 Å². The molecule has 116 valence electrons. The van der Waals surface area contributed by atoms with Crippen LogP contribution in [0.3, 0.4) is 0 Å². The zero-order chi connectivity index (χ0) is 15.8. The molecule has 1 atom stereocenters. The Kier molecular flexibility index (Phi) is 3.45. The summed E-state index contributed by atoms with van der Waals surface area (Å²) in [6.45, 7) is 2.22. The van der Waals surface area contributed by atoms with Crippen LogP contribution in [0.15, 0.2) is 48.8 Å². The molecule has 0 amide bonds. The first-order valence-electron chi connectivity index (χ1n) is 8.05. The molecule has 3 heterocycles. The van der Waals surface area contributed by atoms with Crippen LogP contribution in [0, 0.1) is 5.82 Å². The van der Waals surface area contributed by atoms with Gasteiger partial charge in [-0.2, -0.15) is 0 Å². The van der Waals surface area contributed by atoms with Gasteiger partial charge in [-0.25, -0.2) is 9.37 Å². The number of hydrogen-bond donors (Lipinski definition) is 0. The Balaban J connectivity index is 1.95. The Labute approximate surface area is 134 Å². The lowest BCUT2D eigenvalue weighted by molar-refractivity contribution is 0.516. The molecule has 1 aromatic carbocycles. The van der Waals surface area contributed by atoms with Crippen LogP contribution in [0.25, 0.3) is 22.5 Å². The molecule has 1 aliphatic rings. The maximum Gasteiger partial charge on any atom is 0.123 e. The number of halogens is 1. The fourth-order valence-corrected chi connectivity index (χ4v) is 3.45. The lowest BCUT2D eigenvalue weighted by atomic mass is 10.0. The van der Waals surface area contributed by atoms with E-state index in [1.165, 1.54) is 12.1 Å². The SMILES string of the molecule is CC[C@@H]1CCc2nc(-c3ccc(F)cc3)c(-c3ccncc3)n21. The molecule has 0 fully saturated rings. The van der Waals surface area contributed by atoms with Crippen LogP contribution in [0.1, 0.15) is 31.6 Å². The van der Waals surface area contributed by atoms with Gasteiger partial charge in [-0.3, -0.25) is 4.98 Å². The Morgan fingerprint density at radius 1 is 1.09 bits per heavy atom. The molecule has 3 nitrogen and oxygen atoms in total. The summed E-state index contributed by atoms with van der Waals surface area (Å²) >= 11 is 0. The normalized spacial score (nSPS) is 16.5. The highest BCUT2D eigenvalue weighted by atomic mass is 19.1. The average Bonchev–Trinajstić information content (AvgIpc) is 3.15. The predicted molar refractivity (Wildman–Crippen MR) is 88.5 cm³/mol. The van der Waals surface area contributed by atoms with Crippen molar-refractivity contribution in [2.75, 3.05) is 0 Å². The zero-order valence-electron chi connectivity index (χ0n) is 13.0. The van der Waals surface area contributed by atoms with Crippen molar-refractivity contribution in [2.45, 2.75) is 32.2 Å². The van der Waals surface area contributed by atoms with Gasteiger partial charge < -0.3 is 4.57 Å². The smallest absolute Gasteiger partial charge is 0.123 e. The fraction of sp³-hybridized carbons (Fsp3) is 0.263. The minimum absolute atomic E-state index is 0.225. The first-order valence-corrected chi connectivity index (χ1v) is 8.05. The van der Waals surface area contributed by atoms with Gasteiger partial charge in [0, 0.05) is 36.0 Å². The summed E-state index contributed by atoms with van der Waals surface area (Å²) in [6, 6.07) is 11.1. The van der Waals surface area contributed by atoms with Crippen molar-refractivity contribution in [3.05, 3.63) is 60.4 Å². The maximum absolute atomic E-state index is 13.3. The summed E-state index contributed by atoms with van der Waals surface area (Å²) in [5, 5.41) is 0. The lowest BCUT2D eigenvalue weighted by Gasteiger charge is -2.16. The third-order valence-electron chi connectivity index (χ3n) is 4.59. The van der Waals surface area contributed by atoms with E-state index >= 15 is 0 Å². The van der Waals surface area contributed by atoms with E-state index in [2.05, 4.69) is 16.5 Å². The first kappa shape index (κ1) is 14.1. The molecule has 0 N–H and O–H groups in total. The van der Waals surface area contributed by atoms with Crippen molar-refractivity contribution >= 4 is 0 Å². The largest absolute Gasteiger partial charge is 0.324 e. The van der Waals surface area contributed by atoms with Gasteiger partial charge in [-0.1, -0.05) is 6.92 Å². The molecule has 0 saturated carbocycles. The molecule has 0 bridgehead atoms. The summed E-state index contributed by atoms with van der Waals surface area (Å²) in [5.74, 6) is 0.903. The van der Waals surface area contributed by atoms with Crippen LogP contribution in [-0.2, 0) is 6.42 Å². The topological polar surface area (TPSA) is 30.7 Å². The van der Waals surface area contributed by atoms with E-state index < -0.39 is 0 Å². The third kappa shape index (κ3) is 2.34. The number of aryl methyl sites for hydroxylation is 1. The summed E-state index contributed by atoms with van der Waals surface area (Å²) in [6.07, 6.45) is 6.84. The van der Waals surface area contributed by atoms with E-state index in [-0.39, 0.29) is 5.82 Å². The molecule has 0 spiro atoms. The summed E-state index contributed by atoms with van der Waals surface area (Å²) < 4.78 is 15.6. The molecule has 3 aromatic rings. The number of hydrogen-bond acceptors (Lipinski definition) is 2. The van der Waals surface area contributed by atoms with Crippen LogP contribution in [0.2, 0.25) is 0 Å². The number of rotatable bonds is 3. The van der Waals surface area contributed by atoms with Gasteiger partial charge in [0.05, 0.1) is 11.4 Å². The highest BCUT2D eigenvalue weighted by Gasteiger charge is 2.28. The van der Waals surface area contributed by atoms with Gasteiger partial charge in [0.2, 0.25) is 0 Å². The zero-order valence-corrected chi connectivity index (χ0v) is 13.0. The number of aromatic nitrogens is 3. The number of imidazole rings is 1. The second-order valence-corrected chi connectivity index (χ2v) is 5.94. The standard InChI is InChI=1S/C19H18FN3/c1-2-16-7-8-17-22-18(13-3-5-15(20)6-4-13)19(23(16)17)14-9-11-21-12-10-14/h3-6,9-12,16H,2,7-8H2,1H3/t16-/m1/s1. The molecule has 23 heavy (non-hydrogen) atoms. The van der Waals surface area contributed by atoms with Crippen LogP contribution in [0.5, 0.6) is 0 Å². The Hall–Kier alpha value is -2.49. The number of nitrogens with zero attached hydrogens (tertiary/aromatic N) is 3. The molecular formula is C19H18FN3. The van der Waals surface area contributed by atoms with Crippen molar-refractivity contribution < 1.29 is 4.39 Å². The number of pyridine rings is 1. The Morgan fingerprint density at radius 2 is 1.83 bits per heavy atom. The molecule has 0 unspecified atom stereocenters. The van der Waals surface area contributed by atoms with Crippen molar-refractivity contribution in [1.29, 1.82) is 0 Å². The number of fused-ring (bicyclic) bond motifs is 1. The molecule has 4 heteroatoms. The van der Waals surface area contributed by atoms with Crippen molar-refractivity contribution in [2.24, 2.45) is 0 Å².